The summed E-state index contributed by atoms with van der Waals surface area (Å²) in [6, 6.07) is 9.51. The van der Waals surface area contributed by atoms with E-state index in [1.54, 1.807) is 13.8 Å². The molecule has 9 nitrogen and oxygen atoms in total. The first-order valence-electron chi connectivity index (χ1n) is 8.62. The molecular weight excluding hydrogens is 369 g/mol. The number of nitrogens with zero attached hydrogens (tertiary/aromatic N) is 3. The van der Waals surface area contributed by atoms with Crippen molar-refractivity contribution >= 4 is 24.6 Å². The van der Waals surface area contributed by atoms with Gasteiger partial charge >= 0.3 is 13.3 Å². The Hall–Kier alpha value is -2.48. The number of hydrogen-bond donors (Lipinski definition) is 2. The number of rotatable bonds is 8. The van der Waals surface area contributed by atoms with E-state index in [2.05, 4.69) is 15.0 Å². The van der Waals surface area contributed by atoms with Crippen molar-refractivity contribution in [1.29, 1.82) is 0 Å². The second-order valence-corrected chi connectivity index (χ2v) is 7.88. The van der Waals surface area contributed by atoms with Crippen molar-refractivity contribution in [2.75, 3.05) is 18.9 Å². The highest BCUT2D eigenvalue weighted by atomic mass is 31.2. The minimum Gasteiger partial charge on any atom is -0.382 e. The van der Waals surface area contributed by atoms with Gasteiger partial charge in [-0.2, -0.15) is 0 Å². The zero-order valence-corrected chi connectivity index (χ0v) is 16.1. The molecule has 0 unspecified atom stereocenters. The Morgan fingerprint density at radius 2 is 1.81 bits per heavy atom. The van der Waals surface area contributed by atoms with Crippen LogP contribution in [-0.4, -0.2) is 32.7 Å². The first-order valence-corrected chi connectivity index (χ1v) is 10.4. The second-order valence-electron chi connectivity index (χ2n) is 5.83. The van der Waals surface area contributed by atoms with E-state index in [0.29, 0.717) is 17.7 Å². The van der Waals surface area contributed by atoms with E-state index in [9.17, 15) is 9.36 Å². The Balaban J connectivity index is 2.03. The lowest BCUT2D eigenvalue weighted by molar-refractivity contribution is 0.218. The summed E-state index contributed by atoms with van der Waals surface area (Å²) in [4.78, 5) is 23.6. The number of nitrogens with two attached hydrogens (primary N) is 1. The van der Waals surface area contributed by atoms with Crippen molar-refractivity contribution < 1.29 is 13.6 Å². The van der Waals surface area contributed by atoms with E-state index >= 15 is 0 Å². The van der Waals surface area contributed by atoms with Crippen LogP contribution in [0.25, 0.3) is 11.2 Å². The van der Waals surface area contributed by atoms with Crippen LogP contribution in [0.5, 0.6) is 0 Å². The number of aromatic nitrogens is 4. The number of hydrogen-bond acceptors (Lipinski definition) is 7. The van der Waals surface area contributed by atoms with Gasteiger partial charge in [-0.15, -0.1) is 0 Å². The molecule has 0 fully saturated rings. The average molecular weight is 391 g/mol. The monoisotopic (exact) mass is 391 g/mol. The third-order valence-electron chi connectivity index (χ3n) is 3.87. The van der Waals surface area contributed by atoms with Gasteiger partial charge in [0.25, 0.3) is 0 Å². The Morgan fingerprint density at radius 1 is 1.15 bits per heavy atom. The maximum Gasteiger partial charge on any atom is 0.338 e. The molecule has 0 saturated carbocycles. The SMILES string of the molecule is CCOP(=O)(Cc1nc(N)c2[nH]c(=O)n(Cc3ccccc3)c2n1)OCC. The fourth-order valence-electron chi connectivity index (χ4n) is 2.78. The highest BCUT2D eigenvalue weighted by molar-refractivity contribution is 7.53. The summed E-state index contributed by atoms with van der Waals surface area (Å²) >= 11 is 0. The number of nitrogens with one attached hydrogen (secondary N) is 1. The predicted octanol–water partition coefficient (Wildman–Crippen LogP) is 2.52. The molecule has 0 amide bonds. The van der Waals surface area contributed by atoms with Crippen molar-refractivity contribution in [3.05, 3.63) is 52.2 Å². The number of imidazole rings is 1. The number of H-pyrrole nitrogens is 1. The van der Waals surface area contributed by atoms with Crippen LogP contribution >= 0.6 is 7.60 Å². The summed E-state index contributed by atoms with van der Waals surface area (Å²) in [7, 11) is -3.39. The largest absolute Gasteiger partial charge is 0.382 e. The van der Waals surface area contributed by atoms with E-state index in [4.69, 9.17) is 14.8 Å². The zero-order chi connectivity index (χ0) is 19.4. The summed E-state index contributed by atoms with van der Waals surface area (Å²) in [5.74, 6) is 0.310. The summed E-state index contributed by atoms with van der Waals surface area (Å²) < 4.78 is 24.8. The van der Waals surface area contributed by atoms with Crippen molar-refractivity contribution in [1.82, 2.24) is 19.5 Å². The number of anilines is 1. The number of aromatic amines is 1. The third kappa shape index (κ3) is 4.27. The highest BCUT2D eigenvalue weighted by Gasteiger charge is 2.27. The highest BCUT2D eigenvalue weighted by Crippen LogP contribution is 2.50. The Morgan fingerprint density at radius 3 is 2.44 bits per heavy atom. The van der Waals surface area contributed by atoms with E-state index in [0.717, 1.165) is 5.56 Å². The van der Waals surface area contributed by atoms with Crippen LogP contribution in [0.2, 0.25) is 0 Å². The molecule has 2 aromatic heterocycles. The van der Waals surface area contributed by atoms with Gasteiger partial charge in [-0.1, -0.05) is 30.3 Å². The van der Waals surface area contributed by atoms with E-state index in [-0.39, 0.29) is 36.7 Å². The first-order chi connectivity index (χ1) is 13.0. The fraction of sp³-hybridized carbons (Fsp3) is 0.353. The molecule has 3 aromatic rings. The van der Waals surface area contributed by atoms with Crippen LogP contribution in [0.4, 0.5) is 5.82 Å². The third-order valence-corrected chi connectivity index (χ3v) is 5.84. The number of nitrogen functional groups attached to an aromatic ring is 1. The van der Waals surface area contributed by atoms with Gasteiger partial charge in [-0.05, 0) is 19.4 Å². The Labute approximate surface area is 156 Å². The smallest absolute Gasteiger partial charge is 0.338 e. The maximum absolute atomic E-state index is 12.8. The molecule has 3 N–H and O–H groups in total. The van der Waals surface area contributed by atoms with Crippen LogP contribution in [-0.2, 0) is 26.3 Å². The first kappa shape index (κ1) is 19.3. The van der Waals surface area contributed by atoms with Gasteiger partial charge < -0.3 is 19.8 Å². The molecule has 0 atom stereocenters. The van der Waals surface area contributed by atoms with Gasteiger partial charge in [0.2, 0.25) is 0 Å². The van der Waals surface area contributed by atoms with Crippen LogP contribution in [0.3, 0.4) is 0 Å². The predicted molar refractivity (Wildman–Crippen MR) is 103 cm³/mol. The van der Waals surface area contributed by atoms with E-state index in [1.807, 2.05) is 30.3 Å². The zero-order valence-electron chi connectivity index (χ0n) is 15.2. The standard InChI is InChI=1S/C17H22N5O4P/c1-3-25-27(24,26-4-2)11-13-19-15(18)14-16(20-13)22(17(23)21-14)10-12-8-6-5-7-9-12/h5-9H,3-4,10-11H2,1-2H3,(H,21,23)(H2,18,19,20). The second kappa shape index (κ2) is 8.04. The lowest BCUT2D eigenvalue weighted by atomic mass is 10.2. The summed E-state index contributed by atoms with van der Waals surface area (Å²) in [6.07, 6.45) is -0.125. The van der Waals surface area contributed by atoms with Crippen molar-refractivity contribution in [3.63, 3.8) is 0 Å². The molecule has 27 heavy (non-hydrogen) atoms. The van der Waals surface area contributed by atoms with Gasteiger partial charge in [0.05, 0.1) is 19.8 Å². The van der Waals surface area contributed by atoms with Gasteiger partial charge in [0, 0.05) is 0 Å². The van der Waals surface area contributed by atoms with Gasteiger partial charge in [0.1, 0.15) is 17.5 Å². The van der Waals surface area contributed by atoms with E-state index < -0.39 is 7.60 Å². The minimum absolute atomic E-state index is 0.110. The average Bonchev–Trinajstić information content (AvgIpc) is 2.93. The maximum atomic E-state index is 12.8. The number of benzene rings is 1. The quantitative estimate of drug-likeness (QED) is 0.565. The summed E-state index contributed by atoms with van der Waals surface area (Å²) in [6.45, 7) is 4.25. The summed E-state index contributed by atoms with van der Waals surface area (Å²) in [5.41, 5.74) is 7.29. The molecule has 0 bridgehead atoms. The summed E-state index contributed by atoms with van der Waals surface area (Å²) in [5, 5.41) is 0. The van der Waals surface area contributed by atoms with Crippen molar-refractivity contribution in [2.24, 2.45) is 0 Å². The minimum atomic E-state index is -3.39. The molecule has 144 valence electrons. The van der Waals surface area contributed by atoms with Gasteiger partial charge in [-0.25, -0.2) is 14.8 Å². The van der Waals surface area contributed by atoms with Crippen molar-refractivity contribution in [3.8, 4) is 0 Å². The molecule has 3 rings (SSSR count). The molecule has 2 heterocycles. The van der Waals surface area contributed by atoms with Crippen LogP contribution < -0.4 is 11.4 Å². The van der Waals surface area contributed by atoms with E-state index in [1.165, 1.54) is 4.57 Å². The molecule has 1 aromatic carbocycles. The molecule has 10 heteroatoms. The molecule has 0 aliphatic carbocycles. The van der Waals surface area contributed by atoms with Crippen LogP contribution in [0.15, 0.2) is 35.1 Å². The molecule has 0 radical (unpaired) electrons. The van der Waals surface area contributed by atoms with Gasteiger partial charge in [0.15, 0.2) is 11.5 Å². The molecule has 0 aliphatic heterocycles. The molecule has 0 aliphatic rings. The lowest BCUT2D eigenvalue weighted by Crippen LogP contribution is -2.18. The van der Waals surface area contributed by atoms with Crippen molar-refractivity contribution in [2.45, 2.75) is 26.6 Å². The lowest BCUT2D eigenvalue weighted by Gasteiger charge is -2.16. The molecule has 0 saturated heterocycles. The Kier molecular flexibility index (Phi) is 5.74. The molecular formula is C17H22N5O4P. The molecule has 0 spiro atoms. The van der Waals surface area contributed by atoms with Crippen LogP contribution in [0.1, 0.15) is 25.2 Å². The Bertz CT molecular complexity index is 1020. The fourth-order valence-corrected chi connectivity index (χ4v) is 4.31. The van der Waals surface area contributed by atoms with Gasteiger partial charge in [-0.3, -0.25) is 9.13 Å². The normalized spacial score (nSPS) is 11.9. The number of fused-ring (bicyclic) bond motifs is 1. The van der Waals surface area contributed by atoms with Crippen LogP contribution in [0, 0.1) is 0 Å². The topological polar surface area (TPSA) is 125 Å².